The Kier molecular flexibility index (Phi) is 6.53. The highest BCUT2D eigenvalue weighted by Crippen LogP contribution is 2.49. The third-order valence-electron chi connectivity index (χ3n) is 5.76. The fourth-order valence-electron chi connectivity index (χ4n) is 3.91. The van der Waals surface area contributed by atoms with Crippen molar-refractivity contribution in [2.75, 3.05) is 53.5 Å². The first-order chi connectivity index (χ1) is 15.5. The van der Waals surface area contributed by atoms with Gasteiger partial charge in [-0.2, -0.15) is 0 Å². The molecule has 1 fully saturated rings. The van der Waals surface area contributed by atoms with Crippen molar-refractivity contribution in [1.29, 1.82) is 0 Å². The van der Waals surface area contributed by atoms with Crippen LogP contribution in [0.5, 0.6) is 23.0 Å². The van der Waals surface area contributed by atoms with Crippen molar-refractivity contribution in [1.82, 2.24) is 9.80 Å². The number of ether oxygens (including phenoxy) is 2. The topological polar surface area (TPSA) is 95.6 Å². The van der Waals surface area contributed by atoms with Gasteiger partial charge in [-0.05, 0) is 13.5 Å². The van der Waals surface area contributed by atoms with Crippen molar-refractivity contribution in [2.45, 2.75) is 6.42 Å². The minimum absolute atomic E-state index is 0.0308. The lowest BCUT2D eigenvalue weighted by Crippen LogP contribution is -2.44. The van der Waals surface area contributed by atoms with Gasteiger partial charge in [0.15, 0.2) is 16.8 Å². The lowest BCUT2D eigenvalue weighted by molar-refractivity contribution is 0.144. The van der Waals surface area contributed by atoms with Gasteiger partial charge in [0, 0.05) is 44.4 Å². The average Bonchev–Trinajstić information content (AvgIpc) is 2.81. The van der Waals surface area contributed by atoms with E-state index in [0.717, 1.165) is 39.1 Å². The van der Waals surface area contributed by atoms with Crippen LogP contribution in [0, 0.1) is 0 Å². The third-order valence-corrected chi connectivity index (χ3v) is 5.76. The molecule has 0 amide bonds. The average molecular weight is 440 g/mol. The highest BCUT2D eigenvalue weighted by molar-refractivity contribution is 5.95. The van der Waals surface area contributed by atoms with Crippen LogP contribution in [0.3, 0.4) is 0 Å². The Morgan fingerprint density at radius 3 is 2.44 bits per heavy atom. The van der Waals surface area contributed by atoms with E-state index >= 15 is 0 Å². The summed E-state index contributed by atoms with van der Waals surface area (Å²) in [5, 5.41) is 20.9. The van der Waals surface area contributed by atoms with E-state index in [1.165, 1.54) is 13.2 Å². The summed E-state index contributed by atoms with van der Waals surface area (Å²) < 4.78 is 17.2. The third kappa shape index (κ3) is 4.37. The first-order valence-corrected chi connectivity index (χ1v) is 10.7. The molecule has 0 radical (unpaired) electrons. The second-order valence-corrected chi connectivity index (χ2v) is 7.95. The fraction of sp³-hybridized carbons (Fsp3) is 0.375. The Bertz CT molecular complexity index is 1140. The molecule has 1 aromatic heterocycles. The van der Waals surface area contributed by atoms with Crippen molar-refractivity contribution in [3.05, 3.63) is 46.6 Å². The number of rotatable bonds is 7. The van der Waals surface area contributed by atoms with E-state index in [1.807, 2.05) is 30.3 Å². The molecule has 8 heteroatoms. The summed E-state index contributed by atoms with van der Waals surface area (Å²) in [4.78, 5) is 17.4. The van der Waals surface area contributed by atoms with Gasteiger partial charge < -0.3 is 33.9 Å². The van der Waals surface area contributed by atoms with Crippen molar-refractivity contribution in [3.63, 3.8) is 0 Å². The molecule has 0 atom stereocenters. The van der Waals surface area contributed by atoms with E-state index in [9.17, 15) is 15.0 Å². The molecule has 170 valence electrons. The van der Waals surface area contributed by atoms with Crippen LogP contribution >= 0.6 is 0 Å². The number of fused-ring (bicyclic) bond motifs is 1. The van der Waals surface area contributed by atoms with Crippen LogP contribution in [0.1, 0.15) is 6.42 Å². The molecule has 0 saturated carbocycles. The monoisotopic (exact) mass is 440 g/mol. The van der Waals surface area contributed by atoms with Crippen LogP contribution < -0.4 is 14.9 Å². The maximum absolute atomic E-state index is 12.7. The number of likely N-dealkylation sites (N-methyl/N-ethyl adjacent to an activating group) is 1. The second kappa shape index (κ2) is 9.50. The zero-order chi connectivity index (χ0) is 22.7. The number of phenolic OH excluding ortho intramolecular Hbond substituents is 2. The molecule has 32 heavy (non-hydrogen) atoms. The lowest BCUT2D eigenvalue weighted by Gasteiger charge is -2.32. The molecule has 2 heterocycles. The number of nitrogens with zero attached hydrogens (tertiary/aromatic N) is 2. The van der Waals surface area contributed by atoms with Crippen LogP contribution in [-0.2, 0) is 0 Å². The van der Waals surface area contributed by atoms with Crippen LogP contribution in [-0.4, -0.2) is 73.5 Å². The van der Waals surface area contributed by atoms with E-state index < -0.39 is 16.9 Å². The predicted octanol–water partition coefficient (Wildman–Crippen LogP) is 2.90. The summed E-state index contributed by atoms with van der Waals surface area (Å²) in [6.07, 6.45) is 0.735. The van der Waals surface area contributed by atoms with E-state index in [1.54, 1.807) is 0 Å². The van der Waals surface area contributed by atoms with Crippen LogP contribution in [0.4, 0.5) is 0 Å². The van der Waals surface area contributed by atoms with Crippen LogP contribution in [0.15, 0.2) is 45.6 Å². The zero-order valence-electron chi connectivity index (χ0n) is 18.3. The Hall–Kier alpha value is -3.23. The molecule has 1 saturated heterocycles. The van der Waals surface area contributed by atoms with Crippen molar-refractivity contribution in [3.8, 4) is 34.3 Å². The van der Waals surface area contributed by atoms with Gasteiger partial charge in [0.1, 0.15) is 11.1 Å². The van der Waals surface area contributed by atoms with E-state index in [4.69, 9.17) is 13.9 Å². The molecule has 0 aliphatic carbocycles. The minimum atomic E-state index is -0.580. The summed E-state index contributed by atoms with van der Waals surface area (Å²) in [6.45, 7) is 5.27. The maximum Gasteiger partial charge on any atom is 0.211 e. The van der Waals surface area contributed by atoms with E-state index in [-0.39, 0.29) is 22.5 Å². The van der Waals surface area contributed by atoms with E-state index in [2.05, 4.69) is 16.8 Å². The molecule has 8 nitrogen and oxygen atoms in total. The highest BCUT2D eigenvalue weighted by Gasteiger charge is 2.26. The van der Waals surface area contributed by atoms with Gasteiger partial charge >= 0.3 is 0 Å². The number of phenols is 2. The smallest absolute Gasteiger partial charge is 0.211 e. The van der Waals surface area contributed by atoms with Gasteiger partial charge in [-0.1, -0.05) is 30.3 Å². The SMILES string of the molecule is COc1c(OCCCN2CCN(C)CC2)c(O)c(O)c2c(=O)cc(-c3ccccc3)oc12. The Morgan fingerprint density at radius 2 is 1.75 bits per heavy atom. The minimum Gasteiger partial charge on any atom is -0.504 e. The largest absolute Gasteiger partial charge is 0.504 e. The van der Waals surface area contributed by atoms with Gasteiger partial charge in [-0.25, -0.2) is 0 Å². The summed E-state index contributed by atoms with van der Waals surface area (Å²) in [5.74, 6) is -0.751. The molecule has 0 bridgehead atoms. The standard InChI is InChI=1S/C24H28N2O6/c1-25-10-12-26(13-11-25)9-6-14-31-23-21(29)20(28)19-17(27)15-18(16-7-4-3-5-8-16)32-22(19)24(23)30-2/h3-5,7-8,15,28-29H,6,9-14H2,1-2H3. The van der Waals surface area contributed by atoms with Crippen molar-refractivity contribution < 1.29 is 24.1 Å². The van der Waals surface area contributed by atoms with Gasteiger partial charge in [0.25, 0.3) is 0 Å². The molecule has 3 aromatic rings. The van der Waals surface area contributed by atoms with Crippen LogP contribution in [0.25, 0.3) is 22.3 Å². The highest BCUT2D eigenvalue weighted by atomic mass is 16.5. The van der Waals surface area contributed by atoms with Gasteiger partial charge in [-0.15, -0.1) is 0 Å². The number of benzene rings is 2. The molecule has 4 rings (SSSR count). The number of aromatic hydroxyl groups is 2. The van der Waals surface area contributed by atoms with Gasteiger partial charge in [-0.3, -0.25) is 4.79 Å². The predicted molar refractivity (Wildman–Crippen MR) is 122 cm³/mol. The Labute approximate surface area is 186 Å². The summed E-state index contributed by atoms with van der Waals surface area (Å²) in [6, 6.07) is 10.4. The summed E-state index contributed by atoms with van der Waals surface area (Å²) in [7, 11) is 3.51. The maximum atomic E-state index is 12.7. The Balaban J connectivity index is 1.62. The van der Waals surface area contributed by atoms with Gasteiger partial charge in [0.05, 0.1) is 13.7 Å². The molecule has 0 unspecified atom stereocenters. The summed E-state index contributed by atoms with van der Waals surface area (Å²) in [5.41, 5.74) is 0.247. The number of methoxy groups -OCH3 is 1. The lowest BCUT2D eigenvalue weighted by atomic mass is 10.1. The molecule has 1 aliphatic rings. The Morgan fingerprint density at radius 1 is 1.03 bits per heavy atom. The van der Waals surface area contributed by atoms with Gasteiger partial charge in [0.2, 0.25) is 17.2 Å². The molecule has 2 N–H and O–H groups in total. The van der Waals surface area contributed by atoms with Crippen LogP contribution in [0.2, 0.25) is 0 Å². The molecule has 0 spiro atoms. The quantitative estimate of drug-likeness (QED) is 0.428. The molecule has 2 aromatic carbocycles. The second-order valence-electron chi connectivity index (χ2n) is 7.95. The van der Waals surface area contributed by atoms with Crippen molar-refractivity contribution >= 4 is 11.0 Å². The number of piperazine rings is 1. The number of hydrogen-bond donors (Lipinski definition) is 2. The normalized spacial score (nSPS) is 15.2. The molecule has 1 aliphatic heterocycles. The number of hydrogen-bond acceptors (Lipinski definition) is 8. The first-order valence-electron chi connectivity index (χ1n) is 10.7. The first kappa shape index (κ1) is 22.0. The van der Waals surface area contributed by atoms with Crippen molar-refractivity contribution in [2.24, 2.45) is 0 Å². The fourth-order valence-corrected chi connectivity index (χ4v) is 3.91. The summed E-state index contributed by atoms with van der Waals surface area (Å²) >= 11 is 0. The molecular formula is C24H28N2O6. The van der Waals surface area contributed by atoms with E-state index in [0.29, 0.717) is 17.9 Å². The molecular weight excluding hydrogens is 412 g/mol. The zero-order valence-corrected chi connectivity index (χ0v) is 18.3.